The fourth-order valence-corrected chi connectivity index (χ4v) is 3.04. The van der Waals surface area contributed by atoms with E-state index in [-0.39, 0.29) is 11.7 Å². The lowest BCUT2D eigenvalue weighted by Gasteiger charge is -2.19. The maximum absolute atomic E-state index is 12.1. The maximum Gasteiger partial charge on any atom is 0.228 e. The number of hydrogen-bond donors (Lipinski definition) is 1. The van der Waals surface area contributed by atoms with E-state index in [2.05, 4.69) is 0 Å². The van der Waals surface area contributed by atoms with E-state index in [1.807, 2.05) is 24.3 Å². The van der Waals surface area contributed by atoms with Gasteiger partial charge in [-0.25, -0.2) is 0 Å². The van der Waals surface area contributed by atoms with Gasteiger partial charge in [0.05, 0.1) is 11.2 Å². The average Bonchev–Trinajstić information content (AvgIpc) is 2.81. The second-order valence-electron chi connectivity index (χ2n) is 5.17. The summed E-state index contributed by atoms with van der Waals surface area (Å²) >= 11 is 0. The Balaban J connectivity index is 2.18. The number of nitrogens with zero attached hydrogens (tertiary/aromatic N) is 1. The van der Waals surface area contributed by atoms with Gasteiger partial charge in [-0.3, -0.25) is 9.36 Å². The van der Waals surface area contributed by atoms with E-state index in [9.17, 15) is 9.90 Å². The van der Waals surface area contributed by atoms with Gasteiger partial charge in [0.2, 0.25) is 5.91 Å². The third-order valence-corrected chi connectivity index (χ3v) is 3.88. The number of carbonyl (C=O) groups excluding carboxylic acids is 1. The highest BCUT2D eigenvalue weighted by Crippen LogP contribution is 2.43. The smallest absolute Gasteiger partial charge is 0.228 e. The molecule has 0 fully saturated rings. The molecule has 0 saturated carbocycles. The van der Waals surface area contributed by atoms with Crippen molar-refractivity contribution in [3.63, 3.8) is 0 Å². The monoisotopic (exact) mass is 279 g/mol. The Morgan fingerprint density at radius 2 is 2.05 bits per heavy atom. The number of ether oxygens (including phenoxy) is 1. The lowest BCUT2D eigenvalue weighted by atomic mass is 10.0. The van der Waals surface area contributed by atoms with E-state index in [0.717, 1.165) is 33.5 Å². The minimum absolute atomic E-state index is 0.0522. The molecular weight excluding hydrogens is 266 g/mol. The highest BCUT2D eigenvalue weighted by Gasteiger charge is 2.26. The van der Waals surface area contributed by atoms with Crippen LogP contribution in [0.3, 0.4) is 0 Å². The lowest BCUT2D eigenvalue weighted by molar-refractivity contribution is 0.0943. The first-order valence-corrected chi connectivity index (χ1v) is 6.76. The molecule has 2 aromatic carbocycles. The van der Waals surface area contributed by atoms with Crippen molar-refractivity contribution < 1.29 is 14.6 Å². The summed E-state index contributed by atoms with van der Waals surface area (Å²) in [5.41, 5.74) is 3.51. The fourth-order valence-electron chi connectivity index (χ4n) is 3.04. The van der Waals surface area contributed by atoms with Crippen LogP contribution in [0.5, 0.6) is 11.5 Å². The van der Waals surface area contributed by atoms with Gasteiger partial charge in [0, 0.05) is 23.4 Å². The number of aromatic hydroxyl groups is 1. The molecule has 1 aliphatic rings. The van der Waals surface area contributed by atoms with Crippen molar-refractivity contribution >= 4 is 16.8 Å². The Labute approximate surface area is 121 Å². The Bertz CT molecular complexity index is 892. The molecule has 4 rings (SSSR count). The van der Waals surface area contributed by atoms with Gasteiger partial charge in [-0.15, -0.1) is 0 Å². The SMILES string of the molecule is CC(=O)n1c2c(c3cc(O)ccc31)COc1ccccc1-2. The zero-order valence-corrected chi connectivity index (χ0v) is 11.5. The zero-order valence-electron chi connectivity index (χ0n) is 11.5. The standard InChI is InChI=1S/C17H13NO3/c1-10(19)18-15-7-6-11(20)8-13(15)14-9-21-16-5-3-2-4-12(16)17(14)18/h2-8,20H,9H2,1H3. The molecule has 0 radical (unpaired) electrons. The van der Waals surface area contributed by atoms with Crippen LogP contribution >= 0.6 is 0 Å². The third kappa shape index (κ3) is 1.59. The number of para-hydroxylation sites is 1. The highest BCUT2D eigenvalue weighted by molar-refractivity contribution is 6.02. The topological polar surface area (TPSA) is 51.5 Å². The predicted octanol–water partition coefficient (Wildman–Crippen LogP) is 3.57. The van der Waals surface area contributed by atoms with Gasteiger partial charge in [-0.1, -0.05) is 12.1 Å². The lowest BCUT2D eigenvalue weighted by Crippen LogP contribution is -2.11. The number of fused-ring (bicyclic) bond motifs is 5. The van der Waals surface area contributed by atoms with Crippen molar-refractivity contribution in [1.29, 1.82) is 0 Å². The number of aromatic nitrogens is 1. The number of phenols is 1. The van der Waals surface area contributed by atoms with Crippen LogP contribution in [0.15, 0.2) is 42.5 Å². The van der Waals surface area contributed by atoms with Gasteiger partial charge < -0.3 is 9.84 Å². The highest BCUT2D eigenvalue weighted by atomic mass is 16.5. The van der Waals surface area contributed by atoms with E-state index in [1.54, 1.807) is 29.7 Å². The number of rotatable bonds is 0. The Morgan fingerprint density at radius 3 is 2.86 bits per heavy atom. The van der Waals surface area contributed by atoms with Crippen molar-refractivity contribution in [3.05, 3.63) is 48.0 Å². The van der Waals surface area contributed by atoms with Crippen molar-refractivity contribution in [2.45, 2.75) is 13.5 Å². The van der Waals surface area contributed by atoms with Crippen molar-refractivity contribution in [2.24, 2.45) is 0 Å². The molecule has 104 valence electrons. The predicted molar refractivity (Wildman–Crippen MR) is 79.7 cm³/mol. The van der Waals surface area contributed by atoms with Crippen molar-refractivity contribution in [3.8, 4) is 22.8 Å². The molecule has 0 spiro atoms. The van der Waals surface area contributed by atoms with Gasteiger partial charge in [0.25, 0.3) is 0 Å². The zero-order chi connectivity index (χ0) is 14.6. The Hall–Kier alpha value is -2.75. The molecule has 4 nitrogen and oxygen atoms in total. The molecule has 2 heterocycles. The first-order chi connectivity index (χ1) is 10.2. The van der Waals surface area contributed by atoms with Gasteiger partial charge in [0.1, 0.15) is 18.1 Å². The maximum atomic E-state index is 12.1. The number of benzene rings is 2. The molecule has 1 aromatic heterocycles. The summed E-state index contributed by atoms with van der Waals surface area (Å²) in [5, 5.41) is 10.6. The molecule has 0 saturated heterocycles. The quantitative estimate of drug-likeness (QED) is 0.684. The fraction of sp³-hybridized carbons (Fsp3) is 0.118. The number of carbonyl (C=O) groups is 1. The van der Waals surface area contributed by atoms with Crippen LogP contribution in [0.4, 0.5) is 0 Å². The van der Waals surface area contributed by atoms with E-state index in [0.29, 0.717) is 6.61 Å². The summed E-state index contributed by atoms with van der Waals surface area (Å²) in [6.45, 7) is 1.94. The van der Waals surface area contributed by atoms with Gasteiger partial charge in [-0.2, -0.15) is 0 Å². The summed E-state index contributed by atoms with van der Waals surface area (Å²) in [7, 11) is 0. The summed E-state index contributed by atoms with van der Waals surface area (Å²) in [6.07, 6.45) is 0. The summed E-state index contributed by atoms with van der Waals surface area (Å²) in [6, 6.07) is 12.7. The molecule has 0 unspecified atom stereocenters. The molecule has 4 heteroatoms. The minimum atomic E-state index is -0.0522. The molecule has 0 aliphatic carbocycles. The molecule has 3 aromatic rings. The van der Waals surface area contributed by atoms with Crippen LogP contribution in [0, 0.1) is 0 Å². The molecule has 0 bridgehead atoms. The van der Waals surface area contributed by atoms with E-state index >= 15 is 0 Å². The first kappa shape index (κ1) is 12.0. The Kier molecular flexibility index (Phi) is 2.36. The summed E-state index contributed by atoms with van der Waals surface area (Å²) in [5.74, 6) is 0.910. The van der Waals surface area contributed by atoms with Crippen LogP contribution in [-0.4, -0.2) is 15.6 Å². The summed E-state index contributed by atoms with van der Waals surface area (Å²) in [4.78, 5) is 12.1. The third-order valence-electron chi connectivity index (χ3n) is 3.88. The molecule has 0 amide bonds. The van der Waals surface area contributed by atoms with Crippen LogP contribution in [0.25, 0.3) is 22.2 Å². The Morgan fingerprint density at radius 1 is 1.24 bits per heavy atom. The minimum Gasteiger partial charge on any atom is -0.508 e. The largest absolute Gasteiger partial charge is 0.508 e. The molecule has 21 heavy (non-hydrogen) atoms. The van der Waals surface area contributed by atoms with Gasteiger partial charge in [0.15, 0.2) is 0 Å². The second kappa shape index (κ2) is 4.12. The summed E-state index contributed by atoms with van der Waals surface area (Å²) < 4.78 is 7.48. The van der Waals surface area contributed by atoms with Crippen molar-refractivity contribution in [2.75, 3.05) is 0 Å². The van der Waals surface area contributed by atoms with E-state index < -0.39 is 0 Å². The normalized spacial score (nSPS) is 12.6. The van der Waals surface area contributed by atoms with Crippen molar-refractivity contribution in [1.82, 2.24) is 4.57 Å². The van der Waals surface area contributed by atoms with E-state index in [1.165, 1.54) is 0 Å². The van der Waals surface area contributed by atoms with Crippen LogP contribution in [0.2, 0.25) is 0 Å². The first-order valence-electron chi connectivity index (χ1n) is 6.76. The van der Waals surface area contributed by atoms with Crippen LogP contribution in [-0.2, 0) is 6.61 Å². The van der Waals surface area contributed by atoms with E-state index in [4.69, 9.17) is 4.74 Å². The molecule has 1 aliphatic heterocycles. The number of hydrogen-bond acceptors (Lipinski definition) is 3. The van der Waals surface area contributed by atoms with Gasteiger partial charge >= 0.3 is 0 Å². The molecule has 0 atom stereocenters. The molecular formula is C17H13NO3. The van der Waals surface area contributed by atoms with Crippen LogP contribution in [0.1, 0.15) is 17.3 Å². The second-order valence-corrected chi connectivity index (χ2v) is 5.17. The average molecular weight is 279 g/mol. The number of phenolic OH excluding ortho intramolecular Hbond substituents is 1. The molecule has 1 N–H and O–H groups in total. The van der Waals surface area contributed by atoms with Crippen LogP contribution < -0.4 is 4.74 Å². The van der Waals surface area contributed by atoms with Gasteiger partial charge in [-0.05, 0) is 30.3 Å².